The molecule has 1 heterocycles. The first-order valence-electron chi connectivity index (χ1n) is 7.34. The maximum Gasteiger partial charge on any atom is 0.115 e. The van der Waals surface area contributed by atoms with E-state index < -0.39 is 0 Å². The van der Waals surface area contributed by atoms with Crippen LogP contribution in [0.5, 0.6) is 0 Å². The average Bonchev–Trinajstić information content (AvgIpc) is 2.38. The smallest absolute Gasteiger partial charge is 0.115 e. The summed E-state index contributed by atoms with van der Waals surface area (Å²) in [6, 6.07) is 2.16. The third-order valence-corrected chi connectivity index (χ3v) is 5.52. The quantitative estimate of drug-likeness (QED) is 0.868. The molecule has 4 aliphatic carbocycles. The van der Waals surface area contributed by atoms with E-state index in [0.717, 1.165) is 29.4 Å². The van der Waals surface area contributed by atoms with Crippen LogP contribution in [0.15, 0.2) is 12.4 Å². The second-order valence-corrected chi connectivity index (χ2v) is 6.59. The predicted octanol–water partition coefficient (Wildman–Crippen LogP) is 2.48. The molecule has 5 rings (SSSR count). The highest BCUT2D eigenvalue weighted by Crippen LogP contribution is 2.59. The molecule has 4 saturated carbocycles. The summed E-state index contributed by atoms with van der Waals surface area (Å²) in [4.78, 5) is 8.80. The van der Waals surface area contributed by atoms with Gasteiger partial charge in [0.2, 0.25) is 0 Å². The van der Waals surface area contributed by atoms with E-state index in [-0.39, 0.29) is 0 Å². The Morgan fingerprint density at radius 2 is 1.67 bits per heavy atom. The fourth-order valence-corrected chi connectivity index (χ4v) is 5.12. The van der Waals surface area contributed by atoms with Gasteiger partial charge in [-0.3, -0.25) is 0 Å². The number of nitrogens with two attached hydrogens (primary N) is 1. The van der Waals surface area contributed by atoms with Gasteiger partial charge in [0, 0.05) is 18.2 Å². The maximum absolute atomic E-state index is 5.70. The summed E-state index contributed by atoms with van der Waals surface area (Å²) >= 11 is 0. The molecule has 0 atom stereocenters. The normalized spacial score (nSPS) is 41.3. The molecular formula is C15H21N3. The van der Waals surface area contributed by atoms with E-state index in [1.807, 2.05) is 0 Å². The molecule has 0 aromatic carbocycles. The largest absolute Gasteiger partial charge is 0.325 e. The summed E-state index contributed by atoms with van der Waals surface area (Å²) in [6.07, 6.45) is 9.00. The molecule has 1 aromatic heterocycles. The minimum Gasteiger partial charge on any atom is -0.325 e. The van der Waals surface area contributed by atoms with Crippen molar-refractivity contribution in [1.82, 2.24) is 9.97 Å². The van der Waals surface area contributed by atoms with Crippen molar-refractivity contribution < 1.29 is 0 Å². The van der Waals surface area contributed by atoms with Crippen molar-refractivity contribution in [3.63, 3.8) is 0 Å². The van der Waals surface area contributed by atoms with Crippen LogP contribution in [0.4, 0.5) is 0 Å². The Morgan fingerprint density at radius 3 is 2.28 bits per heavy atom. The maximum atomic E-state index is 5.70. The zero-order chi connectivity index (χ0) is 12.1. The van der Waals surface area contributed by atoms with Crippen LogP contribution in [-0.4, -0.2) is 9.97 Å². The van der Waals surface area contributed by atoms with Crippen LogP contribution in [0.2, 0.25) is 0 Å². The van der Waals surface area contributed by atoms with Gasteiger partial charge < -0.3 is 5.73 Å². The number of hydrogen-bond acceptors (Lipinski definition) is 3. The molecule has 1 aromatic rings. The number of rotatable bonds is 2. The molecule has 0 saturated heterocycles. The van der Waals surface area contributed by atoms with Gasteiger partial charge in [0.25, 0.3) is 0 Å². The lowest BCUT2D eigenvalue weighted by Gasteiger charge is -2.54. The number of hydrogen-bond donors (Lipinski definition) is 1. The molecule has 0 radical (unpaired) electrons. The lowest BCUT2D eigenvalue weighted by Crippen LogP contribution is -2.44. The molecule has 96 valence electrons. The van der Waals surface area contributed by atoms with Gasteiger partial charge in [-0.05, 0) is 61.8 Å². The van der Waals surface area contributed by atoms with Crippen molar-refractivity contribution in [2.24, 2.45) is 29.4 Å². The summed E-state index contributed by atoms with van der Waals surface area (Å²) in [7, 11) is 0. The zero-order valence-electron chi connectivity index (χ0n) is 10.8. The van der Waals surface area contributed by atoms with Crippen molar-refractivity contribution in [2.45, 2.75) is 44.6 Å². The first kappa shape index (κ1) is 10.9. The van der Waals surface area contributed by atoms with Crippen molar-refractivity contribution in [3.8, 4) is 0 Å². The van der Waals surface area contributed by atoms with Crippen LogP contribution < -0.4 is 5.73 Å². The van der Waals surface area contributed by atoms with Crippen LogP contribution in [0.3, 0.4) is 0 Å². The third-order valence-electron chi connectivity index (χ3n) is 5.52. The lowest BCUT2D eigenvalue weighted by molar-refractivity contribution is -0.00422. The molecule has 0 aliphatic heterocycles. The SMILES string of the molecule is NCc1cc(C2C3CC4CC(C3)CC2C4)ncn1. The summed E-state index contributed by atoms with van der Waals surface area (Å²) in [5.41, 5.74) is 7.97. The minimum absolute atomic E-state index is 0.531. The van der Waals surface area contributed by atoms with E-state index >= 15 is 0 Å². The minimum atomic E-state index is 0.531. The Morgan fingerprint density at radius 1 is 1.00 bits per heavy atom. The highest BCUT2D eigenvalue weighted by Gasteiger charge is 2.49. The van der Waals surface area contributed by atoms with E-state index in [4.69, 9.17) is 5.73 Å². The van der Waals surface area contributed by atoms with E-state index in [2.05, 4.69) is 16.0 Å². The Balaban J connectivity index is 1.68. The summed E-state index contributed by atoms with van der Waals surface area (Å²) < 4.78 is 0. The molecule has 4 aliphatic rings. The van der Waals surface area contributed by atoms with E-state index in [1.165, 1.54) is 37.8 Å². The monoisotopic (exact) mass is 243 g/mol. The Hall–Kier alpha value is -0.960. The molecule has 18 heavy (non-hydrogen) atoms. The average molecular weight is 243 g/mol. The molecule has 0 amide bonds. The van der Waals surface area contributed by atoms with Gasteiger partial charge in [-0.15, -0.1) is 0 Å². The number of aromatic nitrogens is 2. The molecule has 4 bridgehead atoms. The van der Waals surface area contributed by atoms with Crippen LogP contribution in [0, 0.1) is 23.7 Å². The predicted molar refractivity (Wildman–Crippen MR) is 69.7 cm³/mol. The lowest BCUT2D eigenvalue weighted by atomic mass is 9.51. The summed E-state index contributed by atoms with van der Waals surface area (Å²) in [5.74, 6) is 4.54. The number of nitrogens with zero attached hydrogens (tertiary/aromatic N) is 2. The van der Waals surface area contributed by atoms with Gasteiger partial charge in [-0.25, -0.2) is 9.97 Å². The van der Waals surface area contributed by atoms with E-state index in [9.17, 15) is 0 Å². The summed E-state index contributed by atoms with van der Waals surface area (Å²) in [5, 5.41) is 0. The fraction of sp³-hybridized carbons (Fsp3) is 0.733. The Labute approximate surface area is 108 Å². The van der Waals surface area contributed by atoms with Gasteiger partial charge in [0.05, 0.1) is 5.69 Å². The standard InChI is InChI=1S/C15H21N3/c16-7-13-6-14(18-8-17-13)15-11-2-9-1-10(4-11)5-12(15)3-9/h6,8-12,15H,1-5,7,16H2. The van der Waals surface area contributed by atoms with Gasteiger partial charge in [0.15, 0.2) is 0 Å². The first-order valence-corrected chi connectivity index (χ1v) is 7.34. The van der Waals surface area contributed by atoms with Crippen LogP contribution in [-0.2, 0) is 6.54 Å². The van der Waals surface area contributed by atoms with Crippen LogP contribution in [0.25, 0.3) is 0 Å². The Kier molecular flexibility index (Phi) is 2.44. The topological polar surface area (TPSA) is 51.8 Å². The van der Waals surface area contributed by atoms with E-state index in [1.54, 1.807) is 6.33 Å². The second-order valence-electron chi connectivity index (χ2n) is 6.59. The van der Waals surface area contributed by atoms with Crippen molar-refractivity contribution in [1.29, 1.82) is 0 Å². The third kappa shape index (κ3) is 1.60. The Bertz CT molecular complexity index is 429. The van der Waals surface area contributed by atoms with Crippen molar-refractivity contribution in [3.05, 3.63) is 23.8 Å². The van der Waals surface area contributed by atoms with Crippen LogP contribution in [0.1, 0.15) is 49.4 Å². The molecule has 3 nitrogen and oxygen atoms in total. The van der Waals surface area contributed by atoms with Gasteiger partial charge in [0.1, 0.15) is 6.33 Å². The zero-order valence-corrected chi connectivity index (χ0v) is 10.8. The van der Waals surface area contributed by atoms with Gasteiger partial charge in [-0.1, -0.05) is 0 Å². The molecule has 0 unspecified atom stereocenters. The van der Waals surface area contributed by atoms with Crippen molar-refractivity contribution >= 4 is 0 Å². The molecular weight excluding hydrogens is 222 g/mol. The molecule has 0 spiro atoms. The molecule has 3 heteroatoms. The summed E-state index contributed by atoms with van der Waals surface area (Å²) in [6.45, 7) is 0.531. The van der Waals surface area contributed by atoms with Gasteiger partial charge in [-0.2, -0.15) is 0 Å². The first-order chi connectivity index (χ1) is 8.83. The van der Waals surface area contributed by atoms with E-state index in [0.29, 0.717) is 12.5 Å². The highest BCUT2D eigenvalue weighted by molar-refractivity contribution is 5.18. The molecule has 4 fully saturated rings. The fourth-order valence-electron chi connectivity index (χ4n) is 5.12. The second kappa shape index (κ2) is 4.02. The van der Waals surface area contributed by atoms with Crippen LogP contribution >= 0.6 is 0 Å². The highest BCUT2D eigenvalue weighted by atomic mass is 14.9. The molecule has 2 N–H and O–H groups in total. The van der Waals surface area contributed by atoms with Gasteiger partial charge >= 0.3 is 0 Å². The van der Waals surface area contributed by atoms with Crippen molar-refractivity contribution in [2.75, 3.05) is 0 Å².